The third kappa shape index (κ3) is 4.96. The summed E-state index contributed by atoms with van der Waals surface area (Å²) < 4.78 is 0. The molecule has 0 aromatic heterocycles. The number of rotatable bonds is 0. The van der Waals surface area contributed by atoms with Gasteiger partial charge in [0.1, 0.15) is 0 Å². The van der Waals surface area contributed by atoms with E-state index in [-0.39, 0.29) is 0 Å². The van der Waals surface area contributed by atoms with Crippen LogP contribution in [0.1, 0.15) is 89.5 Å². The molecule has 0 amide bonds. The van der Waals surface area contributed by atoms with Crippen molar-refractivity contribution in [3.05, 3.63) is 44.6 Å². The Labute approximate surface area is 146 Å². The molecule has 0 nitrogen and oxygen atoms in total. The highest BCUT2D eigenvalue weighted by atomic mass is 14.2. The van der Waals surface area contributed by atoms with Crippen LogP contribution < -0.4 is 0 Å². The molecule has 0 bridgehead atoms. The second kappa shape index (κ2) is 9.30. The zero-order valence-corrected chi connectivity index (χ0v) is 17.9. The van der Waals surface area contributed by atoms with Crippen molar-refractivity contribution in [3.8, 4) is 0 Å². The van der Waals surface area contributed by atoms with Crippen LogP contribution in [-0.4, -0.2) is 0 Å². The Morgan fingerprint density at radius 3 is 0.652 bits per heavy atom. The van der Waals surface area contributed by atoms with Crippen LogP contribution in [0.2, 0.25) is 0 Å². The summed E-state index contributed by atoms with van der Waals surface area (Å²) in [6, 6.07) is 0. The van der Waals surface area contributed by atoms with E-state index in [2.05, 4.69) is 83.1 Å². The topological polar surface area (TPSA) is 0 Å². The molecule has 2 rings (SSSR count). The number of hydrogen-bond acceptors (Lipinski definition) is 0. The molecule has 0 unspecified atom stereocenters. The lowest BCUT2D eigenvalue weighted by Crippen LogP contribution is -1.92. The molecule has 2 aliphatic carbocycles. The molecule has 0 heterocycles. The Balaban J connectivity index is 0.000000360. The average molecular weight is 317 g/mol. The van der Waals surface area contributed by atoms with Crippen molar-refractivity contribution in [1.82, 2.24) is 0 Å². The fourth-order valence-corrected chi connectivity index (χ4v) is 3.13. The fourth-order valence-electron chi connectivity index (χ4n) is 3.13. The van der Waals surface area contributed by atoms with E-state index in [1.54, 1.807) is 22.3 Å². The van der Waals surface area contributed by atoms with E-state index in [1.165, 1.54) is 28.7 Å². The molecule has 0 aromatic carbocycles. The van der Waals surface area contributed by atoms with E-state index >= 15 is 0 Å². The monoisotopic (exact) mass is 316 g/mol. The molecule has 132 valence electrons. The molecular weight excluding hydrogens is 276 g/mol. The molecule has 0 fully saturated rings. The quantitative estimate of drug-likeness (QED) is 0.424. The minimum Gasteiger partial charge on any atom is -0.0656 e. The van der Waals surface area contributed by atoms with Crippen molar-refractivity contribution < 1.29 is 0 Å². The molecule has 0 saturated heterocycles. The molecule has 0 atom stereocenters. The van der Waals surface area contributed by atoms with Gasteiger partial charge in [0.15, 0.2) is 0 Å². The van der Waals surface area contributed by atoms with E-state index in [9.17, 15) is 0 Å². The summed E-state index contributed by atoms with van der Waals surface area (Å²) in [5.41, 5.74) is 12.2. The Hall–Kier alpha value is -1.04. The minimum absolute atomic E-state index is 0.694. The molecule has 0 N–H and O–H groups in total. The van der Waals surface area contributed by atoms with E-state index < -0.39 is 0 Å². The first kappa shape index (κ1) is 22.0. The maximum atomic E-state index is 2.28. The van der Waals surface area contributed by atoms with Crippen LogP contribution in [0.3, 0.4) is 0 Å². The van der Waals surface area contributed by atoms with Crippen molar-refractivity contribution in [1.29, 1.82) is 0 Å². The van der Waals surface area contributed by atoms with Gasteiger partial charge in [-0.15, -0.1) is 0 Å². The third-order valence-electron chi connectivity index (χ3n) is 6.09. The van der Waals surface area contributed by atoms with Crippen LogP contribution in [0.15, 0.2) is 44.6 Å². The maximum Gasteiger partial charge on any atom is -0.00153 e. The molecule has 0 aliphatic heterocycles. The number of hydrogen-bond donors (Lipinski definition) is 0. The first-order valence-corrected chi connectivity index (χ1v) is 9.22. The molecule has 0 spiro atoms. The second-order valence-electron chi connectivity index (χ2n) is 7.38. The van der Waals surface area contributed by atoms with Gasteiger partial charge in [0, 0.05) is 0 Å². The summed E-state index contributed by atoms with van der Waals surface area (Å²) in [5, 5.41) is 0. The Morgan fingerprint density at radius 2 is 0.609 bits per heavy atom. The minimum atomic E-state index is 0.694. The average Bonchev–Trinajstić information content (AvgIpc) is 2.80. The summed E-state index contributed by atoms with van der Waals surface area (Å²) in [5.74, 6) is 1.39. The predicted octanol–water partition coefficient (Wildman–Crippen LogP) is 8.03. The van der Waals surface area contributed by atoms with Gasteiger partial charge in [-0.1, -0.05) is 56.4 Å². The van der Waals surface area contributed by atoms with Crippen LogP contribution in [0.5, 0.6) is 0 Å². The maximum absolute atomic E-state index is 2.28. The summed E-state index contributed by atoms with van der Waals surface area (Å²) in [6.07, 6.45) is 1.25. The van der Waals surface area contributed by atoms with Crippen molar-refractivity contribution in [2.24, 2.45) is 11.8 Å². The zero-order valence-electron chi connectivity index (χ0n) is 17.9. The molecule has 0 aromatic rings. The van der Waals surface area contributed by atoms with Gasteiger partial charge in [0.2, 0.25) is 0 Å². The van der Waals surface area contributed by atoms with Gasteiger partial charge in [-0.3, -0.25) is 0 Å². The smallest absolute Gasteiger partial charge is 0.00153 e. The molecule has 2 aliphatic rings. The largest absolute Gasteiger partial charge is 0.0656 e. The Morgan fingerprint density at radius 1 is 0.478 bits per heavy atom. The predicted molar refractivity (Wildman–Crippen MR) is 108 cm³/mol. The lowest BCUT2D eigenvalue weighted by molar-refractivity contribution is 0.815. The third-order valence-corrected chi connectivity index (χ3v) is 6.09. The highest BCUT2D eigenvalue weighted by molar-refractivity contribution is 5.46. The summed E-state index contributed by atoms with van der Waals surface area (Å²) in [6.45, 7) is 26.6. The van der Waals surface area contributed by atoms with E-state index in [0.29, 0.717) is 11.8 Å². The van der Waals surface area contributed by atoms with Gasteiger partial charge >= 0.3 is 0 Å². The van der Waals surface area contributed by atoms with Crippen molar-refractivity contribution >= 4 is 0 Å². The second-order valence-corrected chi connectivity index (χ2v) is 7.38. The zero-order chi connectivity index (χ0) is 18.5. The van der Waals surface area contributed by atoms with Crippen molar-refractivity contribution in [2.45, 2.75) is 89.5 Å². The Kier molecular flexibility index (Phi) is 8.88. The lowest BCUT2D eigenvalue weighted by Gasteiger charge is -2.05. The van der Waals surface area contributed by atoms with E-state index in [4.69, 9.17) is 0 Å². The molecule has 0 saturated carbocycles. The van der Waals surface area contributed by atoms with Crippen molar-refractivity contribution in [2.75, 3.05) is 0 Å². The van der Waals surface area contributed by atoms with Crippen LogP contribution in [0.25, 0.3) is 0 Å². The number of allylic oxidation sites excluding steroid dienone is 8. The van der Waals surface area contributed by atoms with Gasteiger partial charge in [0.25, 0.3) is 0 Å². The lowest BCUT2D eigenvalue weighted by atomic mass is 10.00. The van der Waals surface area contributed by atoms with Gasteiger partial charge in [-0.05, 0) is 89.5 Å². The van der Waals surface area contributed by atoms with Crippen LogP contribution in [0, 0.1) is 11.8 Å². The summed E-state index contributed by atoms with van der Waals surface area (Å²) in [4.78, 5) is 0. The van der Waals surface area contributed by atoms with E-state index in [1.807, 2.05) is 0 Å². The fraction of sp³-hybridized carbons (Fsp3) is 0.652. The van der Waals surface area contributed by atoms with Crippen molar-refractivity contribution in [3.63, 3.8) is 0 Å². The van der Waals surface area contributed by atoms with Gasteiger partial charge in [0.05, 0.1) is 0 Å². The highest BCUT2D eigenvalue weighted by Gasteiger charge is 2.19. The highest BCUT2D eigenvalue weighted by Crippen LogP contribution is 2.36. The standard InChI is InChI=1S/2C10H16.C3H8/c2*1-6-7(2)9(4)10(5)8(6)3;1-3-2/h2*6H,1-5H3;3H2,1-2H3. The van der Waals surface area contributed by atoms with Gasteiger partial charge < -0.3 is 0 Å². The molecule has 0 radical (unpaired) electrons. The first-order chi connectivity index (χ1) is 10.5. The Bertz CT molecular complexity index is 449. The summed E-state index contributed by atoms with van der Waals surface area (Å²) >= 11 is 0. The first-order valence-electron chi connectivity index (χ1n) is 9.22. The molecule has 0 heteroatoms. The summed E-state index contributed by atoms with van der Waals surface area (Å²) in [7, 11) is 0. The normalized spacial score (nSPS) is 19.3. The SMILES string of the molecule is CC1=C(C)C(C)C(C)=C1C.CC1=C(C)C(C)C(C)=C1C.CCC. The van der Waals surface area contributed by atoms with Crippen LogP contribution >= 0.6 is 0 Å². The molecular formula is C23H40. The van der Waals surface area contributed by atoms with E-state index in [0.717, 1.165) is 0 Å². The van der Waals surface area contributed by atoms with Crippen LogP contribution in [0.4, 0.5) is 0 Å². The molecule has 23 heavy (non-hydrogen) atoms. The van der Waals surface area contributed by atoms with Gasteiger partial charge in [-0.25, -0.2) is 0 Å². The van der Waals surface area contributed by atoms with Gasteiger partial charge in [-0.2, -0.15) is 0 Å². The van der Waals surface area contributed by atoms with Crippen LogP contribution in [-0.2, 0) is 0 Å².